The van der Waals surface area contributed by atoms with E-state index in [1.165, 1.54) is 0 Å². The number of rotatable bonds is 6. The van der Waals surface area contributed by atoms with Gasteiger partial charge >= 0.3 is 0 Å². The zero-order chi connectivity index (χ0) is 15.5. The average Bonchev–Trinajstić information content (AvgIpc) is 2.70. The Labute approximate surface area is 125 Å². The molecule has 2 rings (SSSR count). The van der Waals surface area contributed by atoms with Crippen LogP contribution >= 0.6 is 0 Å². The molecule has 1 aliphatic rings. The molecule has 0 spiro atoms. The topological polar surface area (TPSA) is 78.9 Å². The molecule has 6 nitrogen and oxygen atoms in total. The van der Waals surface area contributed by atoms with Crippen LogP contribution in [0.15, 0.2) is 24.3 Å². The molecule has 0 bridgehead atoms. The van der Waals surface area contributed by atoms with Gasteiger partial charge in [0.25, 0.3) is 0 Å². The summed E-state index contributed by atoms with van der Waals surface area (Å²) in [5, 5.41) is 9.97. The van der Waals surface area contributed by atoms with Crippen molar-refractivity contribution in [3.63, 3.8) is 0 Å². The molecule has 0 amide bonds. The van der Waals surface area contributed by atoms with Crippen LogP contribution in [-0.4, -0.2) is 56.5 Å². The zero-order valence-electron chi connectivity index (χ0n) is 12.3. The van der Waals surface area contributed by atoms with Gasteiger partial charge in [-0.25, -0.2) is 13.1 Å². The Hall–Kier alpha value is -1.15. The maximum atomic E-state index is 11.3. The van der Waals surface area contributed by atoms with Crippen molar-refractivity contribution in [3.8, 4) is 5.75 Å². The Morgan fingerprint density at radius 1 is 1.38 bits per heavy atom. The van der Waals surface area contributed by atoms with E-state index in [-0.39, 0.29) is 0 Å². The smallest absolute Gasteiger partial charge is 0.209 e. The second-order valence-corrected chi connectivity index (χ2v) is 7.08. The molecule has 0 saturated carbocycles. The number of para-hydroxylation sites is 1. The van der Waals surface area contributed by atoms with Crippen LogP contribution in [0.5, 0.6) is 5.75 Å². The normalized spacial score (nSPS) is 23.4. The second kappa shape index (κ2) is 6.74. The third-order valence-corrected chi connectivity index (χ3v) is 4.13. The Bertz CT molecular complexity index is 576. The lowest BCUT2D eigenvalue weighted by Gasteiger charge is -2.18. The van der Waals surface area contributed by atoms with Gasteiger partial charge in [-0.1, -0.05) is 18.2 Å². The van der Waals surface area contributed by atoms with E-state index in [9.17, 15) is 13.5 Å². The van der Waals surface area contributed by atoms with E-state index >= 15 is 0 Å². The number of likely N-dealkylation sites (tertiary alicyclic amines) is 1. The molecule has 0 radical (unpaired) electrons. The van der Waals surface area contributed by atoms with Crippen LogP contribution < -0.4 is 9.46 Å². The molecule has 21 heavy (non-hydrogen) atoms. The van der Waals surface area contributed by atoms with Gasteiger partial charge in [-0.15, -0.1) is 0 Å². The SMILES string of the molecule is CCOc1ccccc1CN1C[C@@H](O)[C@H](NS(C)(=O)=O)C1. The van der Waals surface area contributed by atoms with Crippen LogP contribution in [-0.2, 0) is 16.6 Å². The molecule has 0 aromatic heterocycles. The molecule has 1 aliphatic heterocycles. The largest absolute Gasteiger partial charge is 0.494 e. The number of β-amino-alcohol motifs (C(OH)–C–C–N with tert-alkyl or cyclic N) is 1. The lowest BCUT2D eigenvalue weighted by atomic mass is 10.2. The van der Waals surface area contributed by atoms with Crippen molar-refractivity contribution in [1.82, 2.24) is 9.62 Å². The van der Waals surface area contributed by atoms with E-state index in [2.05, 4.69) is 4.72 Å². The fourth-order valence-corrected chi connectivity index (χ4v) is 3.34. The molecular formula is C14H22N2O4S. The van der Waals surface area contributed by atoms with Gasteiger partial charge in [0.1, 0.15) is 5.75 Å². The average molecular weight is 314 g/mol. The van der Waals surface area contributed by atoms with Gasteiger partial charge in [0.05, 0.1) is 25.0 Å². The van der Waals surface area contributed by atoms with Gasteiger partial charge in [-0.3, -0.25) is 4.90 Å². The van der Waals surface area contributed by atoms with Gasteiger partial charge in [-0.2, -0.15) is 0 Å². The highest BCUT2D eigenvalue weighted by molar-refractivity contribution is 7.88. The van der Waals surface area contributed by atoms with Crippen molar-refractivity contribution >= 4 is 10.0 Å². The third-order valence-electron chi connectivity index (χ3n) is 3.40. The molecule has 1 saturated heterocycles. The molecule has 1 fully saturated rings. The van der Waals surface area contributed by atoms with Crippen LogP contribution in [0.4, 0.5) is 0 Å². The standard InChI is InChI=1S/C14H22N2O4S/c1-3-20-14-7-5-4-6-11(14)8-16-9-12(13(17)10-16)15-21(2,18)19/h4-7,12-13,15,17H,3,8-10H2,1-2H3/t12-,13-/m1/s1. The van der Waals surface area contributed by atoms with Crippen LogP contribution in [0.1, 0.15) is 12.5 Å². The summed E-state index contributed by atoms with van der Waals surface area (Å²) in [5.74, 6) is 0.828. The van der Waals surface area contributed by atoms with Crippen molar-refractivity contribution in [2.45, 2.75) is 25.6 Å². The highest BCUT2D eigenvalue weighted by Gasteiger charge is 2.33. The molecule has 2 N–H and O–H groups in total. The van der Waals surface area contributed by atoms with Crippen molar-refractivity contribution in [1.29, 1.82) is 0 Å². The first-order chi connectivity index (χ1) is 9.89. The monoisotopic (exact) mass is 314 g/mol. The fraction of sp³-hybridized carbons (Fsp3) is 0.571. The van der Waals surface area contributed by atoms with Gasteiger partial charge in [0, 0.05) is 25.2 Å². The summed E-state index contributed by atoms with van der Waals surface area (Å²) in [7, 11) is -3.31. The molecule has 7 heteroatoms. The number of hydrogen-bond donors (Lipinski definition) is 2. The summed E-state index contributed by atoms with van der Waals surface area (Å²) >= 11 is 0. The Balaban J connectivity index is 2.02. The number of benzene rings is 1. The number of nitrogens with one attached hydrogen (secondary N) is 1. The first kappa shape index (κ1) is 16.2. The summed E-state index contributed by atoms with van der Waals surface area (Å²) in [6.45, 7) is 4.07. The molecule has 118 valence electrons. The first-order valence-corrected chi connectivity index (χ1v) is 8.86. The minimum atomic E-state index is -3.31. The van der Waals surface area contributed by atoms with E-state index in [0.717, 1.165) is 17.6 Å². The lowest BCUT2D eigenvalue weighted by molar-refractivity contribution is 0.159. The van der Waals surface area contributed by atoms with E-state index in [0.29, 0.717) is 26.2 Å². The Kier molecular flexibility index (Phi) is 5.21. The van der Waals surface area contributed by atoms with E-state index in [1.54, 1.807) is 0 Å². The van der Waals surface area contributed by atoms with Crippen molar-refractivity contribution < 1.29 is 18.3 Å². The van der Waals surface area contributed by atoms with E-state index in [4.69, 9.17) is 4.74 Å². The highest BCUT2D eigenvalue weighted by Crippen LogP contribution is 2.22. The van der Waals surface area contributed by atoms with Gasteiger partial charge in [0.15, 0.2) is 0 Å². The molecule has 1 aromatic carbocycles. The summed E-state index contributed by atoms with van der Waals surface area (Å²) in [4.78, 5) is 2.02. The number of nitrogens with zero attached hydrogens (tertiary/aromatic N) is 1. The number of aliphatic hydroxyl groups is 1. The predicted molar refractivity (Wildman–Crippen MR) is 80.7 cm³/mol. The predicted octanol–water partition coefficient (Wildman–Crippen LogP) is 0.180. The molecule has 2 atom stereocenters. The Morgan fingerprint density at radius 3 is 2.76 bits per heavy atom. The maximum Gasteiger partial charge on any atom is 0.209 e. The van der Waals surface area contributed by atoms with Crippen molar-refractivity contribution in [2.24, 2.45) is 0 Å². The fourth-order valence-electron chi connectivity index (χ4n) is 2.56. The van der Waals surface area contributed by atoms with Crippen LogP contribution in [0, 0.1) is 0 Å². The Morgan fingerprint density at radius 2 is 2.10 bits per heavy atom. The van der Waals surface area contributed by atoms with Gasteiger partial charge < -0.3 is 9.84 Å². The molecule has 1 aromatic rings. The summed E-state index contributed by atoms with van der Waals surface area (Å²) in [6, 6.07) is 7.30. The van der Waals surface area contributed by atoms with Crippen LogP contribution in [0.25, 0.3) is 0 Å². The maximum absolute atomic E-state index is 11.3. The quantitative estimate of drug-likeness (QED) is 0.783. The molecule has 0 aliphatic carbocycles. The molecule has 0 unspecified atom stereocenters. The highest BCUT2D eigenvalue weighted by atomic mass is 32.2. The minimum Gasteiger partial charge on any atom is -0.494 e. The summed E-state index contributed by atoms with van der Waals surface area (Å²) in [5.41, 5.74) is 1.03. The minimum absolute atomic E-state index is 0.438. The molecule has 1 heterocycles. The van der Waals surface area contributed by atoms with E-state index < -0.39 is 22.2 Å². The summed E-state index contributed by atoms with van der Waals surface area (Å²) in [6.07, 6.45) is 0.409. The number of aliphatic hydroxyl groups excluding tert-OH is 1. The van der Waals surface area contributed by atoms with Gasteiger partial charge in [0.2, 0.25) is 10.0 Å². The van der Waals surface area contributed by atoms with Gasteiger partial charge in [-0.05, 0) is 13.0 Å². The zero-order valence-corrected chi connectivity index (χ0v) is 13.1. The molecular weight excluding hydrogens is 292 g/mol. The summed E-state index contributed by atoms with van der Waals surface area (Å²) < 4.78 is 30.6. The van der Waals surface area contributed by atoms with Crippen molar-refractivity contribution in [2.75, 3.05) is 26.0 Å². The first-order valence-electron chi connectivity index (χ1n) is 6.97. The van der Waals surface area contributed by atoms with E-state index in [1.807, 2.05) is 36.1 Å². The lowest BCUT2D eigenvalue weighted by Crippen LogP contribution is -2.42. The number of ether oxygens (including phenoxy) is 1. The third kappa shape index (κ3) is 4.67. The number of hydrogen-bond acceptors (Lipinski definition) is 5. The van der Waals surface area contributed by atoms with Crippen LogP contribution in [0.3, 0.4) is 0 Å². The second-order valence-electron chi connectivity index (χ2n) is 5.30. The van der Waals surface area contributed by atoms with Crippen LogP contribution in [0.2, 0.25) is 0 Å². The van der Waals surface area contributed by atoms with Crippen molar-refractivity contribution in [3.05, 3.63) is 29.8 Å². The number of sulfonamides is 1.